The number of hydrogen-bond donors (Lipinski definition) is 2. The maximum Gasteiger partial charge on any atom is 0.243 e. The molecule has 0 aliphatic rings. The summed E-state index contributed by atoms with van der Waals surface area (Å²) >= 11 is 3.05. The molecule has 0 aliphatic heterocycles. The number of benzene rings is 1. The Morgan fingerprint density at radius 1 is 1.53 bits per heavy atom. The number of aliphatic hydroxyl groups is 1. The van der Waals surface area contributed by atoms with Gasteiger partial charge in [-0.1, -0.05) is 22.9 Å². The zero-order chi connectivity index (χ0) is 13.1. The summed E-state index contributed by atoms with van der Waals surface area (Å²) in [4.78, 5) is -0.397. The van der Waals surface area contributed by atoms with E-state index in [0.717, 1.165) is 6.07 Å². The Hall–Kier alpha value is -0.500. The molecule has 1 aromatic rings. The van der Waals surface area contributed by atoms with Gasteiger partial charge in [0.25, 0.3) is 0 Å². The van der Waals surface area contributed by atoms with Crippen LogP contribution in [-0.4, -0.2) is 26.7 Å². The minimum atomic E-state index is -3.87. The molecule has 0 radical (unpaired) electrons. The molecule has 0 fully saturated rings. The maximum absolute atomic E-state index is 13.5. The highest BCUT2D eigenvalue weighted by Gasteiger charge is 2.19. The zero-order valence-electron chi connectivity index (χ0n) is 9.15. The van der Waals surface area contributed by atoms with Crippen molar-refractivity contribution in [2.45, 2.75) is 11.8 Å². The molecule has 96 valence electrons. The molecule has 1 unspecified atom stereocenters. The van der Waals surface area contributed by atoms with Crippen molar-refractivity contribution in [3.63, 3.8) is 0 Å². The molecule has 0 heterocycles. The number of aliphatic hydroxyl groups excluding tert-OH is 1. The van der Waals surface area contributed by atoms with Crippen LogP contribution in [0.25, 0.3) is 0 Å². The van der Waals surface area contributed by atoms with Gasteiger partial charge in [0.05, 0.1) is 0 Å². The predicted molar refractivity (Wildman–Crippen MR) is 65.5 cm³/mol. The first-order valence-corrected chi connectivity index (χ1v) is 7.20. The van der Waals surface area contributed by atoms with Crippen molar-refractivity contribution in [1.29, 1.82) is 0 Å². The minimum Gasteiger partial charge on any atom is -0.396 e. The lowest BCUT2D eigenvalue weighted by atomic mass is 10.2. The fraction of sp³-hybridized carbons (Fsp3) is 0.400. The largest absolute Gasteiger partial charge is 0.396 e. The summed E-state index contributed by atoms with van der Waals surface area (Å²) in [5, 5.41) is 8.78. The molecule has 4 nitrogen and oxygen atoms in total. The van der Waals surface area contributed by atoms with Crippen molar-refractivity contribution in [3.8, 4) is 0 Å². The van der Waals surface area contributed by atoms with Gasteiger partial charge in [-0.2, -0.15) is 0 Å². The Kier molecular flexibility index (Phi) is 5.05. The third-order valence-electron chi connectivity index (χ3n) is 2.12. The average Bonchev–Trinajstić information content (AvgIpc) is 2.25. The van der Waals surface area contributed by atoms with Crippen molar-refractivity contribution in [2.24, 2.45) is 5.92 Å². The van der Waals surface area contributed by atoms with E-state index >= 15 is 0 Å². The van der Waals surface area contributed by atoms with Crippen LogP contribution in [0.4, 0.5) is 4.39 Å². The summed E-state index contributed by atoms with van der Waals surface area (Å²) in [6.45, 7) is 1.61. The van der Waals surface area contributed by atoms with E-state index in [-0.39, 0.29) is 19.1 Å². The number of hydrogen-bond acceptors (Lipinski definition) is 3. The van der Waals surface area contributed by atoms with Crippen LogP contribution in [0.2, 0.25) is 0 Å². The van der Waals surface area contributed by atoms with Gasteiger partial charge in [-0.25, -0.2) is 17.5 Å². The Balaban J connectivity index is 2.90. The van der Waals surface area contributed by atoms with Crippen LogP contribution in [0.5, 0.6) is 0 Å². The van der Waals surface area contributed by atoms with Gasteiger partial charge in [0.15, 0.2) is 0 Å². The standard InChI is InChI=1S/C10H13BrFNO3S/c1-7(6-14)5-13-17(15,16)10-3-2-8(11)4-9(10)12/h2-4,7,13-14H,5-6H2,1H3. The average molecular weight is 326 g/mol. The van der Waals surface area contributed by atoms with Gasteiger partial charge in [0.1, 0.15) is 10.7 Å². The van der Waals surface area contributed by atoms with Crippen LogP contribution < -0.4 is 4.72 Å². The minimum absolute atomic E-state index is 0.0638. The Labute approximate surface area is 108 Å². The zero-order valence-corrected chi connectivity index (χ0v) is 11.6. The molecule has 0 spiro atoms. The molecule has 0 aliphatic carbocycles. The van der Waals surface area contributed by atoms with Gasteiger partial charge >= 0.3 is 0 Å². The summed E-state index contributed by atoms with van der Waals surface area (Å²) in [6, 6.07) is 3.72. The SMILES string of the molecule is CC(CO)CNS(=O)(=O)c1ccc(Br)cc1F. The van der Waals surface area contributed by atoms with Gasteiger partial charge in [-0.3, -0.25) is 0 Å². The molecule has 2 N–H and O–H groups in total. The fourth-order valence-electron chi connectivity index (χ4n) is 1.09. The van der Waals surface area contributed by atoms with E-state index in [1.165, 1.54) is 12.1 Å². The Morgan fingerprint density at radius 2 is 2.18 bits per heavy atom. The first kappa shape index (κ1) is 14.6. The molecular weight excluding hydrogens is 313 g/mol. The van der Waals surface area contributed by atoms with Crippen LogP contribution >= 0.6 is 15.9 Å². The van der Waals surface area contributed by atoms with Gasteiger partial charge in [-0.15, -0.1) is 0 Å². The van der Waals surface area contributed by atoms with Crippen molar-refractivity contribution >= 4 is 26.0 Å². The lowest BCUT2D eigenvalue weighted by molar-refractivity contribution is 0.238. The van der Waals surface area contributed by atoms with Gasteiger partial charge in [0, 0.05) is 17.6 Å². The van der Waals surface area contributed by atoms with E-state index < -0.39 is 20.7 Å². The molecule has 0 saturated heterocycles. The molecule has 7 heteroatoms. The van der Waals surface area contributed by atoms with Crippen LogP contribution in [0, 0.1) is 11.7 Å². The summed E-state index contributed by atoms with van der Waals surface area (Å²) in [5.74, 6) is -1.04. The maximum atomic E-state index is 13.5. The fourth-order valence-corrected chi connectivity index (χ4v) is 2.64. The molecule has 0 saturated carbocycles. The smallest absolute Gasteiger partial charge is 0.243 e. The number of rotatable bonds is 5. The third-order valence-corrected chi connectivity index (χ3v) is 4.07. The van der Waals surface area contributed by atoms with Gasteiger partial charge in [-0.05, 0) is 24.1 Å². The highest BCUT2D eigenvalue weighted by atomic mass is 79.9. The Morgan fingerprint density at radius 3 is 2.71 bits per heavy atom. The van der Waals surface area contributed by atoms with E-state index in [2.05, 4.69) is 20.7 Å². The van der Waals surface area contributed by atoms with E-state index in [4.69, 9.17) is 5.11 Å². The van der Waals surface area contributed by atoms with Crippen molar-refractivity contribution < 1.29 is 17.9 Å². The van der Waals surface area contributed by atoms with Crippen LogP contribution in [-0.2, 0) is 10.0 Å². The van der Waals surface area contributed by atoms with E-state index in [1.807, 2.05) is 0 Å². The lowest BCUT2D eigenvalue weighted by Crippen LogP contribution is -2.30. The second-order valence-corrected chi connectivity index (χ2v) is 6.37. The van der Waals surface area contributed by atoms with Crippen LogP contribution in [0.15, 0.2) is 27.6 Å². The van der Waals surface area contributed by atoms with E-state index in [1.54, 1.807) is 6.92 Å². The monoisotopic (exact) mass is 325 g/mol. The second-order valence-electron chi connectivity index (χ2n) is 3.71. The van der Waals surface area contributed by atoms with Gasteiger partial charge < -0.3 is 5.11 Å². The van der Waals surface area contributed by atoms with Crippen molar-refractivity contribution in [1.82, 2.24) is 4.72 Å². The van der Waals surface area contributed by atoms with E-state index in [9.17, 15) is 12.8 Å². The highest BCUT2D eigenvalue weighted by Crippen LogP contribution is 2.19. The topological polar surface area (TPSA) is 66.4 Å². The summed E-state index contributed by atoms with van der Waals surface area (Å²) < 4.78 is 39.6. The van der Waals surface area contributed by atoms with Crippen molar-refractivity contribution in [3.05, 3.63) is 28.5 Å². The molecule has 1 atom stereocenters. The third kappa shape index (κ3) is 4.02. The van der Waals surface area contributed by atoms with E-state index in [0.29, 0.717) is 4.47 Å². The molecule has 1 rings (SSSR count). The number of nitrogens with one attached hydrogen (secondary N) is 1. The normalized spacial score (nSPS) is 13.6. The molecule has 0 amide bonds. The first-order valence-electron chi connectivity index (χ1n) is 4.92. The molecule has 1 aromatic carbocycles. The second kappa shape index (κ2) is 5.90. The van der Waals surface area contributed by atoms with Crippen LogP contribution in [0.3, 0.4) is 0 Å². The lowest BCUT2D eigenvalue weighted by Gasteiger charge is -2.11. The van der Waals surface area contributed by atoms with Gasteiger partial charge in [0.2, 0.25) is 10.0 Å². The summed E-state index contributed by atoms with van der Waals surface area (Å²) in [5.41, 5.74) is 0. The molecule has 17 heavy (non-hydrogen) atoms. The first-order chi connectivity index (χ1) is 7.86. The number of halogens is 2. The highest BCUT2D eigenvalue weighted by molar-refractivity contribution is 9.10. The molecule has 0 bridgehead atoms. The predicted octanol–water partition coefficient (Wildman–Crippen LogP) is 1.49. The van der Waals surface area contributed by atoms with Crippen LogP contribution in [0.1, 0.15) is 6.92 Å². The Bertz CT molecular complexity index is 492. The summed E-state index contributed by atoms with van der Waals surface area (Å²) in [7, 11) is -3.87. The molecular formula is C10H13BrFNO3S. The number of sulfonamides is 1. The quantitative estimate of drug-likeness (QED) is 0.862. The molecule has 0 aromatic heterocycles. The van der Waals surface area contributed by atoms with Crippen molar-refractivity contribution in [2.75, 3.05) is 13.2 Å². The summed E-state index contributed by atoms with van der Waals surface area (Å²) in [6.07, 6.45) is 0.